The number of hydrogen-bond acceptors (Lipinski definition) is 9. The third kappa shape index (κ3) is 18.9. The predicted molar refractivity (Wildman–Crippen MR) is 331 cm³/mol. The Kier molecular flexibility index (Phi) is 21.6. The molecular formula is C70H74N6O9. The molecule has 0 saturated carbocycles. The predicted octanol–water partition coefficient (Wildman–Crippen LogP) is 14.2. The van der Waals surface area contributed by atoms with Crippen molar-refractivity contribution in [1.82, 2.24) is 31.3 Å². The summed E-state index contributed by atoms with van der Waals surface area (Å²) in [6.45, 7) is 22.1. The lowest BCUT2D eigenvalue weighted by Crippen LogP contribution is -2.55. The van der Waals surface area contributed by atoms with Crippen LogP contribution in [-0.4, -0.2) is 72.9 Å². The Hall–Kier alpha value is -10.2. The van der Waals surface area contributed by atoms with E-state index in [1.54, 1.807) is 115 Å². The van der Waals surface area contributed by atoms with Crippen molar-refractivity contribution in [2.45, 2.75) is 99.7 Å². The van der Waals surface area contributed by atoms with E-state index < -0.39 is 22.5 Å². The molecule has 0 atom stereocenters. The van der Waals surface area contributed by atoms with Crippen LogP contribution in [0.3, 0.4) is 0 Å². The number of nitrogens with zero attached hydrogens (tertiary/aromatic N) is 3. The molecule has 0 aliphatic heterocycles. The fourth-order valence-corrected chi connectivity index (χ4v) is 8.10. The molecule has 0 aliphatic rings. The Bertz CT molecular complexity index is 3610. The largest absolute Gasteiger partial charge is 0.457 e. The minimum absolute atomic E-state index is 0.0668. The molecule has 0 fully saturated rings. The van der Waals surface area contributed by atoms with Crippen LogP contribution < -0.4 is 25.8 Å². The highest BCUT2D eigenvalue weighted by Crippen LogP contribution is 2.25. The molecule has 15 heteroatoms. The summed E-state index contributed by atoms with van der Waals surface area (Å²) in [5.41, 5.74) is 11.6. The number of ketones is 1. The summed E-state index contributed by atoms with van der Waals surface area (Å²) in [5, 5.41) is 4.06. The van der Waals surface area contributed by atoms with Crippen LogP contribution in [-0.2, 0) is 0 Å². The van der Waals surface area contributed by atoms with Gasteiger partial charge in [-0.3, -0.25) is 49.8 Å². The Morgan fingerprint density at radius 1 is 0.306 bits per heavy atom. The molecule has 0 saturated heterocycles. The minimum Gasteiger partial charge on any atom is -0.457 e. The van der Waals surface area contributed by atoms with Gasteiger partial charge < -0.3 is 9.47 Å². The topological polar surface area (TPSA) is 184 Å². The summed E-state index contributed by atoms with van der Waals surface area (Å²) in [4.78, 5) is 88.8. The average Bonchev–Trinajstić information content (AvgIpc) is 3.58. The Morgan fingerprint density at radius 2 is 0.588 bits per heavy atom. The molecule has 438 valence electrons. The van der Waals surface area contributed by atoms with Crippen LogP contribution in [0.25, 0.3) is 0 Å². The van der Waals surface area contributed by atoms with Crippen molar-refractivity contribution in [3.8, 4) is 23.0 Å². The summed E-state index contributed by atoms with van der Waals surface area (Å²) in [5.74, 6) is 0.378. The van der Waals surface area contributed by atoms with Gasteiger partial charge >= 0.3 is 0 Å². The van der Waals surface area contributed by atoms with Crippen molar-refractivity contribution >= 4 is 41.2 Å². The number of hydrogen-bond donors (Lipinski definition) is 3. The zero-order chi connectivity index (χ0) is 62.1. The number of carbonyl (C=O) groups excluding carboxylic acids is 7. The Balaban J connectivity index is 0.000000205. The second-order valence-electron chi connectivity index (χ2n) is 22.9. The zero-order valence-electron chi connectivity index (χ0n) is 50.2. The number of carbonyl (C=O) groups is 7. The molecule has 8 aromatic rings. The van der Waals surface area contributed by atoms with Crippen molar-refractivity contribution in [2.24, 2.45) is 0 Å². The van der Waals surface area contributed by atoms with E-state index >= 15 is 0 Å². The molecule has 15 nitrogen and oxygen atoms in total. The first-order valence-corrected chi connectivity index (χ1v) is 27.6. The number of ether oxygens (including phenoxy) is 2. The van der Waals surface area contributed by atoms with Crippen molar-refractivity contribution < 1.29 is 43.0 Å². The summed E-state index contributed by atoms with van der Waals surface area (Å²) in [6, 6.07) is 62.2. The van der Waals surface area contributed by atoms with Gasteiger partial charge in [-0.2, -0.15) is 0 Å². The van der Waals surface area contributed by atoms with E-state index in [2.05, 4.69) is 16.3 Å². The van der Waals surface area contributed by atoms with Crippen LogP contribution in [0, 0.1) is 13.8 Å². The molecule has 8 aromatic carbocycles. The molecule has 0 radical (unpaired) electrons. The number of amides is 6. The Morgan fingerprint density at radius 3 is 0.929 bits per heavy atom. The highest BCUT2D eigenvalue weighted by molar-refractivity contribution is 6.02. The number of Topliss-reactive ketones (excluding diaryl/α,β-unsaturated/α-hetero) is 1. The van der Waals surface area contributed by atoms with Gasteiger partial charge in [0.05, 0.1) is 16.6 Å². The molecule has 0 bridgehead atoms. The molecule has 6 amide bonds. The molecule has 3 N–H and O–H groups in total. The van der Waals surface area contributed by atoms with Gasteiger partial charge in [-0.25, -0.2) is 15.0 Å². The fourth-order valence-electron chi connectivity index (χ4n) is 8.10. The third-order valence-corrected chi connectivity index (χ3v) is 12.5. The SMILES string of the molecule is CC(=O)c1ccc(C(=O)NN(C(=O)c2cccc(C)c2)C(C)(C)C)cc1.CC(C)(C)N(NC(=O)c1cccc(Oc2ccccc2)c1)C(=O)c1ccccc1.Cc1cccc(C(=O)N(NC(=O)c2cccc(Oc3ccccc3)c2)C(C)(C)C)c1. The van der Waals surface area contributed by atoms with Crippen LogP contribution in [0.4, 0.5) is 0 Å². The van der Waals surface area contributed by atoms with E-state index in [0.717, 1.165) is 11.1 Å². The van der Waals surface area contributed by atoms with Crippen molar-refractivity contribution in [2.75, 3.05) is 0 Å². The first kappa shape index (κ1) is 64.0. The molecule has 85 heavy (non-hydrogen) atoms. The van der Waals surface area contributed by atoms with Gasteiger partial charge in [-0.1, -0.05) is 114 Å². The van der Waals surface area contributed by atoms with E-state index in [4.69, 9.17) is 9.47 Å². The quantitative estimate of drug-likeness (QED) is 0.0838. The first-order valence-electron chi connectivity index (χ1n) is 27.6. The lowest BCUT2D eigenvalue weighted by atomic mass is 10.0. The lowest BCUT2D eigenvalue weighted by molar-refractivity contribution is 0.0357. The summed E-state index contributed by atoms with van der Waals surface area (Å²) in [7, 11) is 0. The second kappa shape index (κ2) is 28.7. The van der Waals surface area contributed by atoms with Crippen LogP contribution in [0.5, 0.6) is 23.0 Å². The average molecular weight is 1140 g/mol. The van der Waals surface area contributed by atoms with Gasteiger partial charge in [0.1, 0.15) is 23.0 Å². The molecule has 0 aliphatic carbocycles. The van der Waals surface area contributed by atoms with E-state index in [1.165, 1.54) is 22.0 Å². The van der Waals surface area contributed by atoms with Crippen LogP contribution in [0.15, 0.2) is 212 Å². The zero-order valence-corrected chi connectivity index (χ0v) is 50.2. The number of benzene rings is 8. The van der Waals surface area contributed by atoms with Crippen LogP contribution >= 0.6 is 0 Å². The van der Waals surface area contributed by atoms with E-state index in [1.807, 2.05) is 173 Å². The van der Waals surface area contributed by atoms with Crippen LogP contribution in [0.2, 0.25) is 0 Å². The molecular weight excluding hydrogens is 1070 g/mol. The molecule has 0 heterocycles. The van der Waals surface area contributed by atoms with Crippen molar-refractivity contribution in [1.29, 1.82) is 0 Å². The standard InChI is InChI=1S/C25H26N2O3.C24H24N2O3.C21H24N2O3/c1-18-10-8-12-20(16-18)24(29)27(25(2,3)4)26-23(28)19-11-9-15-22(17-19)30-21-13-6-5-7-14-21;1-24(2,3)26(23(28)18-11-6-4-7-12-18)25-22(27)19-13-10-16-21(17-19)29-20-14-8-5-9-15-20;1-14-7-6-8-18(13-14)20(26)23(21(3,4)5)22-19(25)17-11-9-16(10-12-17)15(2)24/h5-17H,1-4H3,(H,26,28);4-17H,1-3H3,(H,25,27);6-13H,1-5H3,(H,22,25). The highest BCUT2D eigenvalue weighted by atomic mass is 16.5. The van der Waals surface area contributed by atoms with E-state index in [0.29, 0.717) is 61.9 Å². The lowest BCUT2D eigenvalue weighted by Gasteiger charge is -2.35. The Labute approximate surface area is 498 Å². The summed E-state index contributed by atoms with van der Waals surface area (Å²) in [6.07, 6.45) is 0. The number of nitrogens with one attached hydrogen (secondary N) is 3. The van der Waals surface area contributed by atoms with Crippen molar-refractivity contribution in [3.05, 3.63) is 262 Å². The first-order chi connectivity index (χ1) is 40.2. The molecule has 0 aromatic heterocycles. The number of rotatable bonds is 11. The molecule has 0 unspecified atom stereocenters. The minimum atomic E-state index is -0.616. The maximum absolute atomic E-state index is 13.1. The fraction of sp³-hybridized carbons (Fsp3) is 0.214. The highest BCUT2D eigenvalue weighted by Gasteiger charge is 2.32. The van der Waals surface area contributed by atoms with Gasteiger partial charge in [0.15, 0.2) is 5.78 Å². The van der Waals surface area contributed by atoms with Gasteiger partial charge in [-0.05, 0) is 192 Å². The molecule has 0 spiro atoms. The van der Waals surface area contributed by atoms with E-state index in [-0.39, 0.29) is 35.3 Å². The smallest absolute Gasteiger partial charge is 0.272 e. The van der Waals surface area contributed by atoms with Crippen LogP contribution in [0.1, 0.15) is 153 Å². The maximum atomic E-state index is 13.1. The van der Waals surface area contributed by atoms with Crippen molar-refractivity contribution in [3.63, 3.8) is 0 Å². The molecule has 8 rings (SSSR count). The summed E-state index contributed by atoms with van der Waals surface area (Å²) < 4.78 is 11.6. The second-order valence-corrected chi connectivity index (χ2v) is 22.9. The number of hydrazine groups is 3. The maximum Gasteiger partial charge on any atom is 0.272 e. The van der Waals surface area contributed by atoms with Gasteiger partial charge in [0.25, 0.3) is 35.4 Å². The monoisotopic (exact) mass is 1140 g/mol. The normalized spacial score (nSPS) is 10.9. The van der Waals surface area contributed by atoms with E-state index in [9.17, 15) is 33.6 Å². The number of aryl methyl sites for hydroxylation is 2. The van der Waals surface area contributed by atoms with Gasteiger partial charge in [0.2, 0.25) is 0 Å². The van der Waals surface area contributed by atoms with Gasteiger partial charge in [0, 0.05) is 38.9 Å². The third-order valence-electron chi connectivity index (χ3n) is 12.5. The summed E-state index contributed by atoms with van der Waals surface area (Å²) >= 11 is 0. The van der Waals surface area contributed by atoms with Gasteiger partial charge in [-0.15, -0.1) is 0 Å². The number of para-hydroxylation sites is 2.